The largest absolute Gasteiger partial charge is 0.396 e. The molecule has 0 saturated heterocycles. The maximum Gasteiger partial charge on any atom is 0.0734 e. The lowest BCUT2D eigenvalue weighted by atomic mass is 9.87. The van der Waals surface area contributed by atoms with E-state index in [0.29, 0.717) is 5.92 Å². The first-order valence-electron chi connectivity index (χ1n) is 7.42. The molecule has 3 heteroatoms. The topological polar surface area (TPSA) is 40.5 Å². The zero-order valence-corrected chi connectivity index (χ0v) is 13.9. The van der Waals surface area contributed by atoms with Crippen LogP contribution in [0.25, 0.3) is 0 Å². The van der Waals surface area contributed by atoms with Gasteiger partial charge in [-0.2, -0.15) is 0 Å². The van der Waals surface area contributed by atoms with Gasteiger partial charge in [0.1, 0.15) is 0 Å². The Balaban J connectivity index is 2.88. The second kappa shape index (κ2) is 8.06. The standard InChI is InChI=1S/C17H28O2S/c1-13(2)10-11-17(4,16(19)14(3)12-18)20-15-8-6-5-7-9-15/h5-9,13-14,16,18-19H,10-12H2,1-4H3/t14-,16+,17+/m1/s1. The summed E-state index contributed by atoms with van der Waals surface area (Å²) in [5, 5.41) is 20.0. The maximum absolute atomic E-state index is 10.6. The van der Waals surface area contributed by atoms with Gasteiger partial charge in [0.05, 0.1) is 6.10 Å². The average molecular weight is 296 g/mol. The average Bonchev–Trinajstić information content (AvgIpc) is 2.44. The molecule has 1 rings (SSSR count). The molecule has 114 valence electrons. The van der Waals surface area contributed by atoms with E-state index in [4.69, 9.17) is 0 Å². The van der Waals surface area contributed by atoms with Crippen LogP contribution >= 0.6 is 11.8 Å². The minimum atomic E-state index is -0.517. The highest BCUT2D eigenvalue weighted by Gasteiger charge is 2.37. The molecular formula is C17H28O2S. The summed E-state index contributed by atoms with van der Waals surface area (Å²) in [6, 6.07) is 10.2. The summed E-state index contributed by atoms with van der Waals surface area (Å²) in [4.78, 5) is 1.17. The lowest BCUT2D eigenvalue weighted by Gasteiger charge is -2.37. The molecule has 0 aromatic heterocycles. The first kappa shape index (κ1) is 17.5. The summed E-state index contributed by atoms with van der Waals surface area (Å²) in [7, 11) is 0. The minimum Gasteiger partial charge on any atom is -0.396 e. The fraction of sp³-hybridized carbons (Fsp3) is 0.647. The highest BCUT2D eigenvalue weighted by Crippen LogP contribution is 2.41. The highest BCUT2D eigenvalue weighted by molar-refractivity contribution is 8.00. The number of thioether (sulfide) groups is 1. The molecule has 0 heterocycles. The van der Waals surface area contributed by atoms with E-state index in [0.717, 1.165) is 12.8 Å². The van der Waals surface area contributed by atoms with E-state index in [-0.39, 0.29) is 17.3 Å². The molecule has 0 amide bonds. The molecule has 0 spiro atoms. The quantitative estimate of drug-likeness (QED) is 0.713. The minimum absolute atomic E-state index is 0.0216. The molecule has 1 aromatic rings. The van der Waals surface area contributed by atoms with Crippen LogP contribution in [0, 0.1) is 11.8 Å². The molecule has 0 unspecified atom stereocenters. The van der Waals surface area contributed by atoms with Crippen molar-refractivity contribution in [3.63, 3.8) is 0 Å². The van der Waals surface area contributed by atoms with Crippen LogP contribution in [0.1, 0.15) is 40.5 Å². The van der Waals surface area contributed by atoms with Crippen LogP contribution in [-0.4, -0.2) is 27.7 Å². The van der Waals surface area contributed by atoms with Crippen molar-refractivity contribution in [1.29, 1.82) is 0 Å². The lowest BCUT2D eigenvalue weighted by molar-refractivity contribution is 0.0461. The first-order valence-corrected chi connectivity index (χ1v) is 8.23. The zero-order chi connectivity index (χ0) is 15.2. The number of hydrogen-bond acceptors (Lipinski definition) is 3. The predicted octanol–water partition coefficient (Wildman–Crippen LogP) is 3.96. The Kier molecular flexibility index (Phi) is 7.07. The Bertz CT molecular complexity index is 380. The molecule has 1 aromatic carbocycles. The lowest BCUT2D eigenvalue weighted by Crippen LogP contribution is -2.42. The van der Waals surface area contributed by atoms with Crippen molar-refractivity contribution in [1.82, 2.24) is 0 Å². The Labute approximate surface area is 127 Å². The van der Waals surface area contributed by atoms with E-state index in [1.807, 2.05) is 25.1 Å². The summed E-state index contributed by atoms with van der Waals surface area (Å²) in [5.74, 6) is 0.505. The molecule has 0 aliphatic carbocycles. The van der Waals surface area contributed by atoms with Crippen LogP contribution in [0.4, 0.5) is 0 Å². The van der Waals surface area contributed by atoms with Crippen LogP contribution in [0.3, 0.4) is 0 Å². The number of aliphatic hydroxyl groups excluding tert-OH is 2. The van der Waals surface area contributed by atoms with Crippen LogP contribution in [-0.2, 0) is 0 Å². The Morgan fingerprint density at radius 1 is 1.15 bits per heavy atom. The highest BCUT2D eigenvalue weighted by atomic mass is 32.2. The van der Waals surface area contributed by atoms with Gasteiger partial charge in [0.15, 0.2) is 0 Å². The second-order valence-electron chi connectivity index (χ2n) is 6.26. The van der Waals surface area contributed by atoms with Gasteiger partial charge in [-0.1, -0.05) is 39.0 Å². The van der Waals surface area contributed by atoms with Crippen molar-refractivity contribution in [2.24, 2.45) is 11.8 Å². The van der Waals surface area contributed by atoms with Gasteiger partial charge in [0.2, 0.25) is 0 Å². The molecule has 0 aliphatic heterocycles. The van der Waals surface area contributed by atoms with Crippen molar-refractivity contribution in [2.75, 3.05) is 6.61 Å². The third-order valence-corrected chi connectivity index (χ3v) is 5.18. The number of rotatable bonds is 8. The van der Waals surface area contributed by atoms with Crippen molar-refractivity contribution in [2.45, 2.75) is 56.3 Å². The fourth-order valence-electron chi connectivity index (χ4n) is 2.29. The molecule has 0 fully saturated rings. The van der Waals surface area contributed by atoms with Gasteiger partial charge in [-0.3, -0.25) is 0 Å². The molecule has 3 atom stereocenters. The van der Waals surface area contributed by atoms with Gasteiger partial charge in [-0.05, 0) is 37.8 Å². The monoisotopic (exact) mass is 296 g/mol. The van der Waals surface area contributed by atoms with Gasteiger partial charge in [0, 0.05) is 22.2 Å². The second-order valence-corrected chi connectivity index (χ2v) is 7.87. The third kappa shape index (κ3) is 5.12. The summed E-state index contributed by atoms with van der Waals surface area (Å²) >= 11 is 1.72. The summed E-state index contributed by atoms with van der Waals surface area (Å²) in [5.41, 5.74) is 0. The fourth-order valence-corrected chi connectivity index (χ4v) is 3.70. The van der Waals surface area contributed by atoms with Gasteiger partial charge in [-0.25, -0.2) is 0 Å². The van der Waals surface area contributed by atoms with E-state index in [2.05, 4.69) is 32.9 Å². The third-order valence-electron chi connectivity index (χ3n) is 3.76. The van der Waals surface area contributed by atoms with E-state index < -0.39 is 6.10 Å². The molecule has 0 saturated carbocycles. The summed E-state index contributed by atoms with van der Waals surface area (Å²) in [6.07, 6.45) is 1.50. The van der Waals surface area contributed by atoms with E-state index in [1.165, 1.54) is 4.90 Å². The van der Waals surface area contributed by atoms with E-state index in [1.54, 1.807) is 11.8 Å². The smallest absolute Gasteiger partial charge is 0.0734 e. The number of aliphatic hydroxyl groups is 2. The van der Waals surface area contributed by atoms with Crippen LogP contribution in [0.5, 0.6) is 0 Å². The van der Waals surface area contributed by atoms with Gasteiger partial charge >= 0.3 is 0 Å². The maximum atomic E-state index is 10.6. The molecule has 0 radical (unpaired) electrons. The van der Waals surface area contributed by atoms with Crippen molar-refractivity contribution < 1.29 is 10.2 Å². The van der Waals surface area contributed by atoms with Crippen LogP contribution in [0.2, 0.25) is 0 Å². The van der Waals surface area contributed by atoms with Gasteiger partial charge in [-0.15, -0.1) is 11.8 Å². The molecular weight excluding hydrogens is 268 g/mol. The zero-order valence-electron chi connectivity index (χ0n) is 13.0. The van der Waals surface area contributed by atoms with Gasteiger partial charge in [0.25, 0.3) is 0 Å². The van der Waals surface area contributed by atoms with E-state index >= 15 is 0 Å². The number of hydrogen-bond donors (Lipinski definition) is 2. The van der Waals surface area contributed by atoms with Gasteiger partial charge < -0.3 is 10.2 Å². The Hall–Kier alpha value is -0.510. The number of benzene rings is 1. The normalized spacial score (nSPS) is 17.8. The molecule has 0 bridgehead atoms. The summed E-state index contributed by atoms with van der Waals surface area (Å²) in [6.45, 7) is 8.45. The van der Waals surface area contributed by atoms with Crippen LogP contribution < -0.4 is 0 Å². The molecule has 2 nitrogen and oxygen atoms in total. The van der Waals surface area contributed by atoms with Crippen molar-refractivity contribution in [3.05, 3.63) is 30.3 Å². The SMILES string of the molecule is CC(C)CC[C@](C)(Sc1ccccc1)[C@@H](O)[C@H](C)CO. The molecule has 2 N–H and O–H groups in total. The van der Waals surface area contributed by atoms with Crippen molar-refractivity contribution >= 4 is 11.8 Å². The molecule has 0 aliphatic rings. The Morgan fingerprint density at radius 2 is 1.75 bits per heavy atom. The van der Waals surface area contributed by atoms with Crippen molar-refractivity contribution in [3.8, 4) is 0 Å². The Morgan fingerprint density at radius 3 is 2.25 bits per heavy atom. The first-order chi connectivity index (χ1) is 9.39. The van der Waals surface area contributed by atoms with Crippen LogP contribution in [0.15, 0.2) is 35.2 Å². The molecule has 20 heavy (non-hydrogen) atoms. The predicted molar refractivity (Wildman–Crippen MR) is 87.0 cm³/mol. The van der Waals surface area contributed by atoms with E-state index in [9.17, 15) is 10.2 Å². The summed E-state index contributed by atoms with van der Waals surface area (Å²) < 4.78 is -0.270.